The Morgan fingerprint density at radius 1 is 1.38 bits per heavy atom. The van der Waals surface area contributed by atoms with Crippen molar-refractivity contribution >= 4 is 15.9 Å². The minimum Gasteiger partial charge on any atom is -0.349 e. The molecule has 1 aliphatic carbocycles. The van der Waals surface area contributed by atoms with E-state index in [2.05, 4.69) is 5.32 Å². The van der Waals surface area contributed by atoms with Crippen molar-refractivity contribution in [2.75, 3.05) is 0 Å². The zero-order chi connectivity index (χ0) is 11.8. The van der Waals surface area contributed by atoms with Gasteiger partial charge in [-0.2, -0.15) is 0 Å². The molecule has 0 atom stereocenters. The quantitative estimate of drug-likeness (QED) is 0.792. The first-order chi connectivity index (χ1) is 7.47. The Balaban J connectivity index is 2.24. The van der Waals surface area contributed by atoms with Crippen LogP contribution in [0.4, 0.5) is 0 Å². The van der Waals surface area contributed by atoms with Crippen LogP contribution in [0.15, 0.2) is 29.2 Å². The molecule has 0 bridgehead atoms. The van der Waals surface area contributed by atoms with E-state index in [4.69, 9.17) is 5.14 Å². The monoisotopic (exact) mass is 240 g/mol. The predicted octanol–water partition coefficient (Wildman–Crippen LogP) is 0.226. The second-order valence-electron chi connectivity index (χ2n) is 3.82. The van der Waals surface area contributed by atoms with E-state index >= 15 is 0 Å². The molecule has 1 fully saturated rings. The number of hydrogen-bond donors (Lipinski definition) is 2. The van der Waals surface area contributed by atoms with Crippen molar-refractivity contribution in [3.05, 3.63) is 29.8 Å². The van der Waals surface area contributed by atoms with Gasteiger partial charge in [-0.05, 0) is 31.0 Å². The summed E-state index contributed by atoms with van der Waals surface area (Å²) in [4.78, 5) is 11.6. The van der Waals surface area contributed by atoms with E-state index in [-0.39, 0.29) is 16.8 Å². The summed E-state index contributed by atoms with van der Waals surface area (Å²) in [6.45, 7) is 0. The third-order valence-electron chi connectivity index (χ3n) is 2.34. The first-order valence-electron chi connectivity index (χ1n) is 4.90. The highest BCUT2D eigenvalue weighted by molar-refractivity contribution is 7.89. The number of amides is 1. The lowest BCUT2D eigenvalue weighted by Crippen LogP contribution is -2.25. The van der Waals surface area contributed by atoms with Crippen LogP contribution in [-0.2, 0) is 10.0 Å². The average molecular weight is 240 g/mol. The molecule has 0 saturated heterocycles. The Morgan fingerprint density at radius 3 is 2.62 bits per heavy atom. The van der Waals surface area contributed by atoms with Gasteiger partial charge in [0.1, 0.15) is 0 Å². The molecule has 0 heterocycles. The molecular formula is C10H12N2O3S. The van der Waals surface area contributed by atoms with Crippen LogP contribution < -0.4 is 10.5 Å². The standard InChI is InChI=1S/C10H12N2O3S/c11-16(14,15)9-3-1-2-7(6-9)10(13)12-8-4-5-8/h1-3,6,8H,4-5H2,(H,12,13)(H2,11,14,15). The summed E-state index contributed by atoms with van der Waals surface area (Å²) < 4.78 is 22.2. The molecule has 1 aromatic rings. The number of carbonyl (C=O) groups is 1. The van der Waals surface area contributed by atoms with Crippen molar-refractivity contribution in [3.63, 3.8) is 0 Å². The van der Waals surface area contributed by atoms with Crippen molar-refractivity contribution in [2.45, 2.75) is 23.8 Å². The lowest BCUT2D eigenvalue weighted by atomic mass is 10.2. The maximum atomic E-state index is 11.6. The van der Waals surface area contributed by atoms with Crippen LogP contribution in [0.3, 0.4) is 0 Å². The molecular weight excluding hydrogens is 228 g/mol. The molecule has 2 rings (SSSR count). The van der Waals surface area contributed by atoms with Crippen molar-refractivity contribution in [2.24, 2.45) is 5.14 Å². The lowest BCUT2D eigenvalue weighted by molar-refractivity contribution is 0.0951. The number of carbonyl (C=O) groups excluding carboxylic acids is 1. The molecule has 0 spiro atoms. The SMILES string of the molecule is NS(=O)(=O)c1cccc(C(=O)NC2CC2)c1. The minimum absolute atomic E-state index is 0.0454. The third-order valence-corrected chi connectivity index (χ3v) is 3.25. The molecule has 6 heteroatoms. The van der Waals surface area contributed by atoms with Crippen LogP contribution in [-0.4, -0.2) is 20.4 Å². The summed E-state index contributed by atoms with van der Waals surface area (Å²) in [7, 11) is -3.75. The van der Waals surface area contributed by atoms with Crippen LogP contribution in [0.1, 0.15) is 23.2 Å². The molecule has 0 aliphatic heterocycles. The largest absolute Gasteiger partial charge is 0.349 e. The van der Waals surface area contributed by atoms with E-state index in [9.17, 15) is 13.2 Å². The number of hydrogen-bond acceptors (Lipinski definition) is 3. The van der Waals surface area contributed by atoms with Gasteiger partial charge in [-0.15, -0.1) is 0 Å². The van der Waals surface area contributed by atoms with E-state index in [1.165, 1.54) is 18.2 Å². The summed E-state index contributed by atoms with van der Waals surface area (Å²) in [6.07, 6.45) is 1.97. The normalized spacial score (nSPS) is 15.8. The number of primary sulfonamides is 1. The third kappa shape index (κ3) is 2.59. The number of nitrogens with two attached hydrogens (primary N) is 1. The number of rotatable bonds is 3. The Hall–Kier alpha value is -1.40. The van der Waals surface area contributed by atoms with Crippen molar-refractivity contribution in [1.29, 1.82) is 0 Å². The zero-order valence-corrected chi connectivity index (χ0v) is 9.33. The maximum absolute atomic E-state index is 11.6. The summed E-state index contributed by atoms with van der Waals surface area (Å²) in [5.74, 6) is -0.256. The highest BCUT2D eigenvalue weighted by Crippen LogP contribution is 2.19. The van der Waals surface area contributed by atoms with Gasteiger partial charge in [0, 0.05) is 11.6 Å². The molecule has 1 saturated carbocycles. The molecule has 16 heavy (non-hydrogen) atoms. The van der Waals surface area contributed by atoms with Crippen molar-refractivity contribution in [3.8, 4) is 0 Å². The molecule has 1 aromatic carbocycles. The Labute approximate surface area is 93.7 Å². The fraction of sp³-hybridized carbons (Fsp3) is 0.300. The van der Waals surface area contributed by atoms with Crippen LogP contribution in [0, 0.1) is 0 Å². The summed E-state index contributed by atoms with van der Waals surface area (Å²) >= 11 is 0. The second kappa shape index (κ2) is 3.88. The summed E-state index contributed by atoms with van der Waals surface area (Å²) in [5, 5.41) is 7.75. The molecule has 1 amide bonds. The molecule has 1 aliphatic rings. The first kappa shape index (κ1) is 11.1. The van der Waals surface area contributed by atoms with Crippen LogP contribution >= 0.6 is 0 Å². The fourth-order valence-corrected chi connectivity index (χ4v) is 1.87. The van der Waals surface area contributed by atoms with Gasteiger partial charge >= 0.3 is 0 Å². The van der Waals surface area contributed by atoms with Gasteiger partial charge in [-0.25, -0.2) is 13.6 Å². The smallest absolute Gasteiger partial charge is 0.251 e. The van der Waals surface area contributed by atoms with E-state index < -0.39 is 10.0 Å². The Morgan fingerprint density at radius 2 is 2.06 bits per heavy atom. The van der Waals surface area contributed by atoms with Gasteiger partial charge in [0.05, 0.1) is 4.90 Å². The molecule has 3 N–H and O–H groups in total. The topological polar surface area (TPSA) is 89.3 Å². The Kier molecular flexibility index (Phi) is 2.69. The molecule has 86 valence electrons. The molecule has 0 unspecified atom stereocenters. The zero-order valence-electron chi connectivity index (χ0n) is 8.51. The number of sulfonamides is 1. The van der Waals surface area contributed by atoms with Gasteiger partial charge in [0.2, 0.25) is 10.0 Å². The van der Waals surface area contributed by atoms with E-state index in [0.717, 1.165) is 12.8 Å². The fourth-order valence-electron chi connectivity index (χ4n) is 1.31. The first-order valence-corrected chi connectivity index (χ1v) is 6.45. The van der Waals surface area contributed by atoms with Crippen LogP contribution in [0.25, 0.3) is 0 Å². The highest BCUT2D eigenvalue weighted by Gasteiger charge is 2.24. The van der Waals surface area contributed by atoms with Gasteiger partial charge in [0.25, 0.3) is 5.91 Å². The van der Waals surface area contributed by atoms with Crippen molar-refractivity contribution in [1.82, 2.24) is 5.32 Å². The maximum Gasteiger partial charge on any atom is 0.251 e. The number of benzene rings is 1. The number of nitrogens with one attached hydrogen (secondary N) is 1. The molecule has 5 nitrogen and oxygen atoms in total. The van der Waals surface area contributed by atoms with E-state index in [1.807, 2.05) is 0 Å². The minimum atomic E-state index is -3.75. The van der Waals surface area contributed by atoms with Gasteiger partial charge in [-0.1, -0.05) is 6.07 Å². The van der Waals surface area contributed by atoms with Gasteiger partial charge in [0.15, 0.2) is 0 Å². The van der Waals surface area contributed by atoms with Crippen LogP contribution in [0.5, 0.6) is 0 Å². The molecule has 0 aromatic heterocycles. The Bertz CT molecular complexity index is 521. The highest BCUT2D eigenvalue weighted by atomic mass is 32.2. The van der Waals surface area contributed by atoms with Gasteiger partial charge < -0.3 is 5.32 Å². The van der Waals surface area contributed by atoms with E-state index in [1.54, 1.807) is 6.07 Å². The average Bonchev–Trinajstić information content (AvgIpc) is 3.00. The summed E-state index contributed by atoms with van der Waals surface area (Å²) in [6, 6.07) is 5.95. The van der Waals surface area contributed by atoms with E-state index in [0.29, 0.717) is 5.56 Å². The van der Waals surface area contributed by atoms with Crippen LogP contribution in [0.2, 0.25) is 0 Å². The summed E-state index contributed by atoms with van der Waals surface area (Å²) in [5.41, 5.74) is 0.318. The molecule has 0 radical (unpaired) electrons. The lowest BCUT2D eigenvalue weighted by Gasteiger charge is -2.04. The van der Waals surface area contributed by atoms with Crippen molar-refractivity contribution < 1.29 is 13.2 Å². The predicted molar refractivity (Wildman–Crippen MR) is 58.3 cm³/mol. The second-order valence-corrected chi connectivity index (χ2v) is 5.38. The van der Waals surface area contributed by atoms with Gasteiger partial charge in [-0.3, -0.25) is 4.79 Å².